The lowest BCUT2D eigenvalue weighted by Gasteiger charge is -2.28. The lowest BCUT2D eigenvalue weighted by molar-refractivity contribution is -0.385. The number of para-hydroxylation sites is 1. The number of hydrogen-bond donors (Lipinski definition) is 1. The molecule has 0 saturated carbocycles. The van der Waals surface area contributed by atoms with Crippen LogP contribution in [0.4, 0.5) is 11.4 Å². The standard InChI is InChI=1S/C22H24N4O5/c1-15-13-16(10-11-18(15)26(30)31)21(28)25-12-6-9-19(25)22(29)24(2)14-20(27)23-17-7-4-3-5-8-17/h3-5,7-8,10-11,13,19H,6,9,12,14H2,1-2H3,(H,23,27). The van der Waals surface area contributed by atoms with Crippen molar-refractivity contribution in [2.45, 2.75) is 25.8 Å². The monoisotopic (exact) mass is 424 g/mol. The third kappa shape index (κ3) is 5.06. The number of nitrogens with one attached hydrogen (secondary N) is 1. The summed E-state index contributed by atoms with van der Waals surface area (Å²) < 4.78 is 0. The molecule has 0 aliphatic carbocycles. The molecule has 1 aliphatic rings. The maximum atomic E-state index is 13.0. The zero-order chi connectivity index (χ0) is 22.5. The molecule has 9 nitrogen and oxygen atoms in total. The molecule has 1 fully saturated rings. The number of anilines is 1. The molecule has 1 unspecified atom stereocenters. The average molecular weight is 424 g/mol. The SMILES string of the molecule is Cc1cc(C(=O)N2CCCC2C(=O)N(C)CC(=O)Nc2ccccc2)ccc1[N+](=O)[O-]. The Labute approximate surface area is 179 Å². The van der Waals surface area contributed by atoms with Crippen molar-refractivity contribution in [2.75, 3.05) is 25.5 Å². The zero-order valence-electron chi connectivity index (χ0n) is 17.4. The number of amides is 3. The normalized spacial score (nSPS) is 15.4. The lowest BCUT2D eigenvalue weighted by atomic mass is 10.1. The molecular formula is C22H24N4O5. The van der Waals surface area contributed by atoms with Gasteiger partial charge in [-0.15, -0.1) is 0 Å². The van der Waals surface area contributed by atoms with Crippen molar-refractivity contribution in [1.82, 2.24) is 9.80 Å². The molecule has 1 N–H and O–H groups in total. The minimum absolute atomic E-state index is 0.0604. The smallest absolute Gasteiger partial charge is 0.272 e. The predicted molar refractivity (Wildman–Crippen MR) is 115 cm³/mol. The summed E-state index contributed by atoms with van der Waals surface area (Å²) in [5.74, 6) is -0.993. The number of nitro benzene ring substituents is 1. The van der Waals surface area contributed by atoms with E-state index in [1.54, 1.807) is 31.2 Å². The van der Waals surface area contributed by atoms with E-state index in [0.717, 1.165) is 0 Å². The van der Waals surface area contributed by atoms with Gasteiger partial charge >= 0.3 is 0 Å². The highest BCUT2D eigenvalue weighted by molar-refractivity contribution is 5.99. The molecule has 0 radical (unpaired) electrons. The number of likely N-dealkylation sites (N-methyl/N-ethyl adjacent to an activating group) is 1. The summed E-state index contributed by atoms with van der Waals surface area (Å²) in [5.41, 5.74) is 1.26. The fourth-order valence-corrected chi connectivity index (χ4v) is 3.70. The molecule has 0 spiro atoms. The van der Waals surface area contributed by atoms with E-state index in [0.29, 0.717) is 36.2 Å². The Kier molecular flexibility index (Phi) is 6.64. The summed E-state index contributed by atoms with van der Waals surface area (Å²) in [4.78, 5) is 51.5. The fraction of sp³-hybridized carbons (Fsp3) is 0.318. The van der Waals surface area contributed by atoms with Crippen LogP contribution in [0.25, 0.3) is 0 Å². The minimum atomic E-state index is -0.669. The number of rotatable bonds is 6. The van der Waals surface area contributed by atoms with Crippen LogP contribution in [-0.4, -0.2) is 58.6 Å². The Morgan fingerprint density at radius 1 is 1.19 bits per heavy atom. The van der Waals surface area contributed by atoms with Crippen molar-refractivity contribution in [3.63, 3.8) is 0 Å². The van der Waals surface area contributed by atoms with Crippen LogP contribution < -0.4 is 5.32 Å². The summed E-state index contributed by atoms with van der Waals surface area (Å²) in [6.45, 7) is 1.85. The fourth-order valence-electron chi connectivity index (χ4n) is 3.70. The van der Waals surface area contributed by atoms with Gasteiger partial charge in [-0.05, 0) is 44.0 Å². The number of carbonyl (C=O) groups is 3. The van der Waals surface area contributed by atoms with Gasteiger partial charge < -0.3 is 15.1 Å². The maximum absolute atomic E-state index is 13.0. The molecule has 3 rings (SSSR count). The molecule has 162 valence electrons. The number of nitro groups is 1. The van der Waals surface area contributed by atoms with Crippen LogP contribution in [0.2, 0.25) is 0 Å². The number of likely N-dealkylation sites (tertiary alicyclic amines) is 1. The van der Waals surface area contributed by atoms with Gasteiger partial charge in [0.05, 0.1) is 11.5 Å². The van der Waals surface area contributed by atoms with Crippen molar-refractivity contribution < 1.29 is 19.3 Å². The lowest BCUT2D eigenvalue weighted by Crippen LogP contribution is -2.48. The first-order chi connectivity index (χ1) is 14.8. The second-order valence-electron chi connectivity index (χ2n) is 7.52. The minimum Gasteiger partial charge on any atom is -0.335 e. The van der Waals surface area contributed by atoms with E-state index in [4.69, 9.17) is 0 Å². The van der Waals surface area contributed by atoms with Gasteiger partial charge in [-0.25, -0.2) is 0 Å². The van der Waals surface area contributed by atoms with Crippen LogP contribution in [0, 0.1) is 17.0 Å². The van der Waals surface area contributed by atoms with E-state index in [1.807, 2.05) is 6.07 Å². The summed E-state index contributed by atoms with van der Waals surface area (Å²) in [6, 6.07) is 12.4. The van der Waals surface area contributed by atoms with Gasteiger partial charge in [0.15, 0.2) is 0 Å². The highest BCUT2D eigenvalue weighted by atomic mass is 16.6. The summed E-state index contributed by atoms with van der Waals surface area (Å²) in [7, 11) is 1.53. The number of benzene rings is 2. The van der Waals surface area contributed by atoms with Crippen LogP contribution in [0.5, 0.6) is 0 Å². The molecule has 0 bridgehead atoms. The van der Waals surface area contributed by atoms with Gasteiger partial charge in [-0.1, -0.05) is 18.2 Å². The highest BCUT2D eigenvalue weighted by Crippen LogP contribution is 2.24. The van der Waals surface area contributed by atoms with E-state index in [1.165, 1.54) is 35.0 Å². The van der Waals surface area contributed by atoms with Gasteiger partial charge in [-0.3, -0.25) is 24.5 Å². The molecule has 1 heterocycles. The van der Waals surface area contributed by atoms with Crippen LogP contribution in [0.3, 0.4) is 0 Å². The predicted octanol–water partition coefficient (Wildman–Crippen LogP) is 2.60. The molecule has 1 atom stereocenters. The topological polar surface area (TPSA) is 113 Å². The zero-order valence-corrected chi connectivity index (χ0v) is 17.4. The summed E-state index contributed by atoms with van der Waals surface area (Å²) >= 11 is 0. The van der Waals surface area contributed by atoms with E-state index >= 15 is 0 Å². The van der Waals surface area contributed by atoms with Crippen LogP contribution >= 0.6 is 0 Å². The first-order valence-electron chi connectivity index (χ1n) is 9.94. The van der Waals surface area contributed by atoms with Crippen LogP contribution in [-0.2, 0) is 9.59 Å². The van der Waals surface area contributed by atoms with Crippen LogP contribution in [0.1, 0.15) is 28.8 Å². The molecule has 1 saturated heterocycles. The molecule has 3 amide bonds. The number of hydrogen-bond acceptors (Lipinski definition) is 5. The Bertz CT molecular complexity index is 1010. The van der Waals surface area contributed by atoms with Gasteiger partial charge in [0.2, 0.25) is 11.8 Å². The second kappa shape index (κ2) is 9.38. The van der Waals surface area contributed by atoms with Gasteiger partial charge in [0.25, 0.3) is 11.6 Å². The maximum Gasteiger partial charge on any atom is 0.272 e. The molecule has 31 heavy (non-hydrogen) atoms. The Balaban J connectivity index is 1.66. The molecule has 0 aromatic heterocycles. The molecule has 9 heteroatoms. The van der Waals surface area contributed by atoms with Crippen molar-refractivity contribution in [2.24, 2.45) is 0 Å². The van der Waals surface area contributed by atoms with Gasteiger partial charge in [0, 0.05) is 36.5 Å². The number of aryl methyl sites for hydroxylation is 1. The van der Waals surface area contributed by atoms with E-state index in [9.17, 15) is 24.5 Å². The molecule has 2 aromatic rings. The first kappa shape index (κ1) is 21.9. The van der Waals surface area contributed by atoms with E-state index in [-0.39, 0.29) is 30.0 Å². The van der Waals surface area contributed by atoms with E-state index in [2.05, 4.69) is 5.32 Å². The van der Waals surface area contributed by atoms with Gasteiger partial charge in [0.1, 0.15) is 6.04 Å². The largest absolute Gasteiger partial charge is 0.335 e. The molecular weight excluding hydrogens is 400 g/mol. The van der Waals surface area contributed by atoms with E-state index < -0.39 is 11.0 Å². The van der Waals surface area contributed by atoms with Crippen LogP contribution in [0.15, 0.2) is 48.5 Å². The number of carbonyl (C=O) groups excluding carboxylic acids is 3. The molecule has 1 aliphatic heterocycles. The van der Waals surface area contributed by atoms with Crippen molar-refractivity contribution >= 4 is 29.1 Å². The Morgan fingerprint density at radius 2 is 1.90 bits per heavy atom. The summed E-state index contributed by atoms with van der Waals surface area (Å²) in [5, 5.41) is 13.7. The third-order valence-corrected chi connectivity index (χ3v) is 5.25. The molecule has 2 aromatic carbocycles. The average Bonchev–Trinajstić information content (AvgIpc) is 3.22. The first-order valence-corrected chi connectivity index (χ1v) is 9.94. The van der Waals surface area contributed by atoms with Gasteiger partial charge in [-0.2, -0.15) is 0 Å². The van der Waals surface area contributed by atoms with Crippen molar-refractivity contribution in [3.8, 4) is 0 Å². The second-order valence-corrected chi connectivity index (χ2v) is 7.52. The quantitative estimate of drug-likeness (QED) is 0.566. The van der Waals surface area contributed by atoms with Crippen molar-refractivity contribution in [1.29, 1.82) is 0 Å². The Morgan fingerprint density at radius 3 is 2.55 bits per heavy atom. The Hall–Kier alpha value is -3.75. The van der Waals surface area contributed by atoms with Crippen molar-refractivity contribution in [3.05, 3.63) is 69.8 Å². The number of nitrogens with zero attached hydrogens (tertiary/aromatic N) is 3. The highest BCUT2D eigenvalue weighted by Gasteiger charge is 2.36. The third-order valence-electron chi connectivity index (χ3n) is 5.25. The summed E-state index contributed by atoms with van der Waals surface area (Å²) in [6.07, 6.45) is 1.17.